The summed E-state index contributed by atoms with van der Waals surface area (Å²) in [6.07, 6.45) is 1.31. The molecule has 0 spiro atoms. The molecule has 9 heteroatoms. The topological polar surface area (TPSA) is 116 Å². The van der Waals surface area contributed by atoms with Gasteiger partial charge in [0.05, 0.1) is 22.6 Å². The number of ether oxygens (including phenoxy) is 1. The Kier molecular flexibility index (Phi) is 4.25. The molecule has 1 aliphatic heterocycles. The molecule has 25 heavy (non-hydrogen) atoms. The highest BCUT2D eigenvalue weighted by Gasteiger charge is 2.31. The molecule has 0 atom stereocenters. The maximum atomic E-state index is 13.1. The first-order chi connectivity index (χ1) is 11.9. The SMILES string of the molecule is COc1ccc(S(=O)(=O)N2CCCc3c(N)cccc32)cc1[N+](=O)[O-]. The fourth-order valence-corrected chi connectivity index (χ4v) is 4.52. The molecule has 0 bridgehead atoms. The summed E-state index contributed by atoms with van der Waals surface area (Å²) in [4.78, 5) is 10.4. The zero-order valence-corrected chi connectivity index (χ0v) is 14.3. The lowest BCUT2D eigenvalue weighted by Crippen LogP contribution is -2.35. The largest absolute Gasteiger partial charge is 0.490 e. The number of nitrogen functional groups attached to an aromatic ring is 1. The molecular formula is C16H17N3O5S. The van der Waals surface area contributed by atoms with Crippen molar-refractivity contribution in [2.24, 2.45) is 0 Å². The molecule has 0 fully saturated rings. The number of hydrogen-bond donors (Lipinski definition) is 1. The Hall–Kier alpha value is -2.81. The number of fused-ring (bicyclic) bond motifs is 1. The van der Waals surface area contributed by atoms with Crippen molar-refractivity contribution >= 4 is 27.1 Å². The van der Waals surface area contributed by atoms with E-state index in [2.05, 4.69) is 0 Å². The number of nitrogens with two attached hydrogens (primary N) is 1. The van der Waals surface area contributed by atoms with Gasteiger partial charge in [-0.1, -0.05) is 6.07 Å². The van der Waals surface area contributed by atoms with Gasteiger partial charge in [0.1, 0.15) is 0 Å². The third-order valence-corrected chi connectivity index (χ3v) is 5.99. The van der Waals surface area contributed by atoms with Crippen molar-refractivity contribution in [3.8, 4) is 5.75 Å². The molecule has 1 aliphatic rings. The number of rotatable bonds is 4. The summed E-state index contributed by atoms with van der Waals surface area (Å²) in [5.41, 5.74) is 7.40. The van der Waals surface area contributed by atoms with Crippen molar-refractivity contribution < 1.29 is 18.1 Å². The highest BCUT2D eigenvalue weighted by Crippen LogP contribution is 2.37. The van der Waals surface area contributed by atoms with E-state index in [1.54, 1.807) is 18.2 Å². The van der Waals surface area contributed by atoms with Crippen LogP contribution in [0.15, 0.2) is 41.3 Å². The fraction of sp³-hybridized carbons (Fsp3) is 0.250. The van der Waals surface area contributed by atoms with E-state index < -0.39 is 20.6 Å². The summed E-state index contributed by atoms with van der Waals surface area (Å²) in [5.74, 6) is 0.00670. The second kappa shape index (κ2) is 6.25. The zero-order valence-electron chi connectivity index (χ0n) is 13.5. The maximum Gasteiger partial charge on any atom is 0.312 e. The van der Waals surface area contributed by atoms with E-state index in [1.807, 2.05) is 0 Å². The Balaban J connectivity index is 2.12. The summed E-state index contributed by atoms with van der Waals surface area (Å²) in [6, 6.07) is 8.73. The summed E-state index contributed by atoms with van der Waals surface area (Å²) in [7, 11) is -2.66. The van der Waals surface area contributed by atoms with Crippen LogP contribution in [0.2, 0.25) is 0 Å². The van der Waals surface area contributed by atoms with Gasteiger partial charge in [-0.15, -0.1) is 0 Å². The van der Waals surface area contributed by atoms with Gasteiger partial charge in [-0.25, -0.2) is 8.42 Å². The number of methoxy groups -OCH3 is 1. The van der Waals surface area contributed by atoms with E-state index in [-0.39, 0.29) is 10.6 Å². The zero-order chi connectivity index (χ0) is 18.2. The molecule has 3 rings (SSSR count). The lowest BCUT2D eigenvalue weighted by Gasteiger charge is -2.31. The predicted molar refractivity (Wildman–Crippen MR) is 93.4 cm³/mol. The number of nitrogens with zero attached hydrogens (tertiary/aromatic N) is 2. The minimum Gasteiger partial charge on any atom is -0.490 e. The van der Waals surface area contributed by atoms with Crippen LogP contribution < -0.4 is 14.8 Å². The van der Waals surface area contributed by atoms with Gasteiger partial charge in [0.15, 0.2) is 5.75 Å². The summed E-state index contributed by atoms with van der Waals surface area (Å²) < 4.78 is 32.3. The van der Waals surface area contributed by atoms with Crippen molar-refractivity contribution in [3.05, 3.63) is 52.1 Å². The average Bonchev–Trinajstić information content (AvgIpc) is 2.61. The lowest BCUT2D eigenvalue weighted by molar-refractivity contribution is -0.386. The van der Waals surface area contributed by atoms with Crippen LogP contribution in [-0.2, 0) is 16.4 Å². The molecule has 8 nitrogen and oxygen atoms in total. The smallest absolute Gasteiger partial charge is 0.312 e. The van der Waals surface area contributed by atoms with Crippen LogP contribution in [0.3, 0.4) is 0 Å². The monoisotopic (exact) mass is 363 g/mol. The number of nitro benzene ring substituents is 1. The van der Waals surface area contributed by atoms with Gasteiger partial charge in [0.25, 0.3) is 10.0 Å². The average molecular weight is 363 g/mol. The van der Waals surface area contributed by atoms with Crippen LogP contribution in [0.25, 0.3) is 0 Å². The second-order valence-corrected chi connectivity index (χ2v) is 7.48. The molecule has 132 valence electrons. The van der Waals surface area contributed by atoms with Crippen LogP contribution >= 0.6 is 0 Å². The van der Waals surface area contributed by atoms with Crippen LogP contribution in [0.1, 0.15) is 12.0 Å². The first kappa shape index (κ1) is 17.0. The predicted octanol–water partition coefficient (Wildman–Crippen LogP) is 2.33. The van der Waals surface area contributed by atoms with Gasteiger partial charge in [-0.05, 0) is 42.7 Å². The van der Waals surface area contributed by atoms with Crippen molar-refractivity contribution in [1.29, 1.82) is 0 Å². The maximum absolute atomic E-state index is 13.1. The number of anilines is 2. The van der Waals surface area contributed by atoms with E-state index >= 15 is 0 Å². The van der Waals surface area contributed by atoms with Crippen LogP contribution in [0.4, 0.5) is 17.1 Å². The quantitative estimate of drug-likeness (QED) is 0.506. The van der Waals surface area contributed by atoms with Gasteiger partial charge in [-0.3, -0.25) is 14.4 Å². The van der Waals surface area contributed by atoms with Gasteiger partial charge in [0.2, 0.25) is 0 Å². The van der Waals surface area contributed by atoms with Crippen molar-refractivity contribution in [1.82, 2.24) is 0 Å². The Morgan fingerprint density at radius 1 is 1.28 bits per heavy atom. The molecule has 0 amide bonds. The van der Waals surface area contributed by atoms with Crippen molar-refractivity contribution in [2.75, 3.05) is 23.7 Å². The molecule has 0 aromatic heterocycles. The Labute approximate surface area is 145 Å². The summed E-state index contributed by atoms with van der Waals surface area (Å²) >= 11 is 0. The van der Waals surface area contributed by atoms with Crippen molar-refractivity contribution in [2.45, 2.75) is 17.7 Å². The number of sulfonamides is 1. The molecule has 0 saturated heterocycles. The molecule has 2 N–H and O–H groups in total. The lowest BCUT2D eigenvalue weighted by atomic mass is 10.0. The number of benzene rings is 2. The van der Waals surface area contributed by atoms with Crippen molar-refractivity contribution in [3.63, 3.8) is 0 Å². The van der Waals surface area contributed by atoms with Crippen LogP contribution in [0.5, 0.6) is 5.75 Å². The van der Waals surface area contributed by atoms with Crippen LogP contribution in [-0.4, -0.2) is 27.0 Å². The third-order valence-electron chi connectivity index (χ3n) is 4.18. The molecule has 2 aromatic carbocycles. The molecule has 2 aromatic rings. The highest BCUT2D eigenvalue weighted by atomic mass is 32.2. The van der Waals surface area contributed by atoms with E-state index in [0.29, 0.717) is 30.8 Å². The van der Waals surface area contributed by atoms with Gasteiger partial charge >= 0.3 is 5.69 Å². The molecule has 1 heterocycles. The molecular weight excluding hydrogens is 346 g/mol. The van der Waals surface area contributed by atoms with Gasteiger partial charge in [-0.2, -0.15) is 0 Å². The minimum absolute atomic E-state index is 0.00670. The van der Waals surface area contributed by atoms with Gasteiger partial charge < -0.3 is 10.5 Å². The molecule has 0 saturated carbocycles. The molecule has 0 radical (unpaired) electrons. The highest BCUT2D eigenvalue weighted by molar-refractivity contribution is 7.92. The van der Waals surface area contributed by atoms with E-state index in [1.165, 1.54) is 23.5 Å². The first-order valence-corrected chi connectivity index (χ1v) is 9.03. The Morgan fingerprint density at radius 2 is 2.04 bits per heavy atom. The Bertz CT molecular complexity index is 943. The normalized spacial score (nSPS) is 14.0. The molecule has 0 unspecified atom stereocenters. The summed E-state index contributed by atoms with van der Waals surface area (Å²) in [6.45, 7) is 0.290. The third kappa shape index (κ3) is 2.86. The fourth-order valence-electron chi connectivity index (χ4n) is 2.97. The van der Waals surface area contributed by atoms with E-state index in [0.717, 1.165) is 11.6 Å². The van der Waals surface area contributed by atoms with Gasteiger partial charge in [0, 0.05) is 18.3 Å². The standard InChI is InChI=1S/C16H17N3O5S/c1-24-16-8-7-11(10-15(16)19(20)21)25(22,23)18-9-3-4-12-13(17)5-2-6-14(12)18/h2,5-8,10H,3-4,9,17H2,1H3. The molecule has 0 aliphatic carbocycles. The van der Waals surface area contributed by atoms with E-state index in [9.17, 15) is 18.5 Å². The minimum atomic E-state index is -3.96. The second-order valence-electron chi connectivity index (χ2n) is 5.62. The first-order valence-electron chi connectivity index (χ1n) is 7.59. The number of nitro groups is 1. The van der Waals surface area contributed by atoms with E-state index in [4.69, 9.17) is 10.5 Å². The number of hydrogen-bond acceptors (Lipinski definition) is 6. The summed E-state index contributed by atoms with van der Waals surface area (Å²) in [5, 5.41) is 11.2. The van der Waals surface area contributed by atoms with Crippen LogP contribution in [0, 0.1) is 10.1 Å². The Morgan fingerprint density at radius 3 is 2.72 bits per heavy atom.